The number of aryl methyl sites for hydroxylation is 2. The van der Waals surface area contributed by atoms with E-state index < -0.39 is 11.6 Å². The molecule has 1 heterocycles. The fourth-order valence-electron chi connectivity index (χ4n) is 4.55. The predicted octanol–water partition coefficient (Wildman–Crippen LogP) is 4.78. The van der Waals surface area contributed by atoms with Crippen LogP contribution in [0.5, 0.6) is 0 Å². The molecule has 0 bridgehead atoms. The molecule has 6 heteroatoms. The fraction of sp³-hybridized carbons (Fsp3) is 0.536. The van der Waals surface area contributed by atoms with Crippen LogP contribution in [0.2, 0.25) is 0 Å². The molecule has 1 aromatic carbocycles. The van der Waals surface area contributed by atoms with Crippen molar-refractivity contribution >= 4 is 11.8 Å². The first-order chi connectivity index (χ1) is 16.1. The van der Waals surface area contributed by atoms with E-state index in [1.165, 1.54) is 5.56 Å². The molecule has 0 spiro atoms. The van der Waals surface area contributed by atoms with Crippen molar-refractivity contribution < 1.29 is 19.8 Å². The van der Waals surface area contributed by atoms with Crippen molar-refractivity contribution in [1.29, 1.82) is 0 Å². The van der Waals surface area contributed by atoms with Gasteiger partial charge in [0.2, 0.25) is 0 Å². The highest BCUT2D eigenvalue weighted by Crippen LogP contribution is 2.32. The number of carbonyl (C=O) groups excluding carboxylic acids is 1. The molecule has 0 aliphatic heterocycles. The SMILES string of the molecule is CCc1nc(C#CC(C)(C)O)c(C(=O)CCC2CCC(C(=O)O)CC2)n1Cc1ccc(C)cc1. The molecular formula is C28H36N2O4. The van der Waals surface area contributed by atoms with E-state index in [1.807, 2.05) is 18.4 Å². The number of ketones is 1. The van der Waals surface area contributed by atoms with E-state index >= 15 is 0 Å². The maximum Gasteiger partial charge on any atom is 0.306 e. The van der Waals surface area contributed by atoms with Gasteiger partial charge in [0.05, 0.1) is 5.92 Å². The number of hydrogen-bond donors (Lipinski definition) is 2. The first kappa shape index (κ1) is 25.7. The Bertz CT molecular complexity index is 1070. The molecule has 0 saturated heterocycles. The van der Waals surface area contributed by atoms with Crippen LogP contribution in [0, 0.1) is 30.6 Å². The number of Topliss-reactive ketones (excluding diaryl/α,β-unsaturated/α-hetero) is 1. The van der Waals surface area contributed by atoms with Gasteiger partial charge in [0.1, 0.15) is 22.8 Å². The number of nitrogens with zero attached hydrogens (tertiary/aromatic N) is 2. The van der Waals surface area contributed by atoms with Crippen molar-refractivity contribution in [3.63, 3.8) is 0 Å². The van der Waals surface area contributed by atoms with Crippen molar-refractivity contribution in [2.45, 2.75) is 84.8 Å². The normalized spacial score (nSPS) is 18.3. The predicted molar refractivity (Wildman–Crippen MR) is 132 cm³/mol. The number of hydrogen-bond acceptors (Lipinski definition) is 4. The smallest absolute Gasteiger partial charge is 0.306 e. The third-order valence-corrected chi connectivity index (χ3v) is 6.55. The van der Waals surface area contributed by atoms with E-state index in [9.17, 15) is 19.8 Å². The lowest BCUT2D eigenvalue weighted by Crippen LogP contribution is -2.22. The molecule has 2 aromatic rings. The van der Waals surface area contributed by atoms with Crippen LogP contribution >= 0.6 is 0 Å². The molecule has 182 valence electrons. The summed E-state index contributed by atoms with van der Waals surface area (Å²) in [5.41, 5.74) is 2.01. The van der Waals surface area contributed by atoms with Gasteiger partial charge < -0.3 is 14.8 Å². The number of aliphatic hydroxyl groups is 1. The Hall–Kier alpha value is -2.91. The van der Waals surface area contributed by atoms with E-state index in [4.69, 9.17) is 0 Å². The highest BCUT2D eigenvalue weighted by Gasteiger charge is 2.28. The summed E-state index contributed by atoms with van der Waals surface area (Å²) in [5, 5.41) is 19.3. The Labute approximate surface area is 202 Å². The average Bonchev–Trinajstić information content (AvgIpc) is 3.14. The van der Waals surface area contributed by atoms with Gasteiger partial charge in [-0.2, -0.15) is 0 Å². The summed E-state index contributed by atoms with van der Waals surface area (Å²) in [4.78, 5) is 29.4. The lowest BCUT2D eigenvalue weighted by molar-refractivity contribution is -0.143. The lowest BCUT2D eigenvalue weighted by Gasteiger charge is -2.25. The van der Waals surface area contributed by atoms with Crippen LogP contribution in [0.25, 0.3) is 0 Å². The van der Waals surface area contributed by atoms with Crippen molar-refractivity contribution in [3.05, 3.63) is 52.6 Å². The quantitative estimate of drug-likeness (QED) is 0.433. The number of aromatic nitrogens is 2. The van der Waals surface area contributed by atoms with Crippen LogP contribution in [0.15, 0.2) is 24.3 Å². The monoisotopic (exact) mass is 464 g/mol. The summed E-state index contributed by atoms with van der Waals surface area (Å²) in [7, 11) is 0. The molecule has 0 atom stereocenters. The van der Waals surface area contributed by atoms with E-state index in [1.54, 1.807) is 13.8 Å². The highest BCUT2D eigenvalue weighted by atomic mass is 16.4. The van der Waals surface area contributed by atoms with E-state index in [2.05, 4.69) is 41.1 Å². The second kappa shape index (κ2) is 11.0. The van der Waals surface area contributed by atoms with E-state index in [-0.39, 0.29) is 11.7 Å². The molecule has 1 fully saturated rings. The Kier molecular flexibility index (Phi) is 8.33. The minimum atomic E-state index is -1.18. The summed E-state index contributed by atoms with van der Waals surface area (Å²) >= 11 is 0. The van der Waals surface area contributed by atoms with Crippen LogP contribution < -0.4 is 0 Å². The number of imidazole rings is 1. The van der Waals surface area contributed by atoms with Crippen LogP contribution in [0.1, 0.15) is 92.4 Å². The average molecular weight is 465 g/mol. The van der Waals surface area contributed by atoms with Gasteiger partial charge in [-0.25, -0.2) is 4.98 Å². The molecule has 2 N–H and O–H groups in total. The first-order valence-corrected chi connectivity index (χ1v) is 12.2. The van der Waals surface area contributed by atoms with Gasteiger partial charge in [-0.05, 0) is 70.3 Å². The van der Waals surface area contributed by atoms with Gasteiger partial charge >= 0.3 is 5.97 Å². The Balaban J connectivity index is 1.86. The number of benzene rings is 1. The largest absolute Gasteiger partial charge is 0.481 e. The molecule has 1 aliphatic carbocycles. The molecule has 1 aliphatic rings. The standard InChI is InChI=1S/C28H36N2O4/c1-5-25-29-23(16-17-28(3,4)34)26(30(25)18-21-8-6-19(2)7-9-21)24(31)15-12-20-10-13-22(14-11-20)27(32)33/h6-9,20,22,34H,5,10-15,18H2,1-4H3,(H,32,33). The second-order valence-electron chi connectivity index (χ2n) is 9.98. The molecule has 1 aromatic heterocycles. The molecule has 0 amide bonds. The molecule has 3 rings (SSSR count). The molecule has 34 heavy (non-hydrogen) atoms. The molecule has 1 saturated carbocycles. The Morgan fingerprint density at radius 2 is 1.79 bits per heavy atom. The van der Waals surface area contributed by atoms with Crippen molar-refractivity contribution in [2.24, 2.45) is 11.8 Å². The van der Waals surface area contributed by atoms with E-state index in [0.717, 1.165) is 30.7 Å². The summed E-state index contributed by atoms with van der Waals surface area (Å²) in [6.45, 7) is 7.81. The maximum absolute atomic E-state index is 13.5. The zero-order valence-corrected chi connectivity index (χ0v) is 20.7. The van der Waals surface area contributed by atoms with Crippen LogP contribution in [-0.2, 0) is 17.8 Å². The van der Waals surface area contributed by atoms with Gasteiger partial charge in [-0.15, -0.1) is 0 Å². The van der Waals surface area contributed by atoms with Crippen LogP contribution in [0.3, 0.4) is 0 Å². The number of carboxylic acids is 1. The van der Waals surface area contributed by atoms with Crippen molar-refractivity contribution in [1.82, 2.24) is 9.55 Å². The lowest BCUT2D eigenvalue weighted by atomic mass is 9.79. The van der Waals surface area contributed by atoms with Crippen molar-refractivity contribution in [2.75, 3.05) is 0 Å². The fourth-order valence-corrected chi connectivity index (χ4v) is 4.55. The van der Waals surface area contributed by atoms with Gasteiger partial charge in [-0.3, -0.25) is 9.59 Å². The number of carboxylic acid groups (broad SMARTS) is 1. The Morgan fingerprint density at radius 3 is 2.35 bits per heavy atom. The van der Waals surface area contributed by atoms with Crippen molar-refractivity contribution in [3.8, 4) is 11.8 Å². The number of rotatable bonds is 8. The number of carbonyl (C=O) groups is 2. The maximum atomic E-state index is 13.5. The molecule has 0 unspecified atom stereocenters. The zero-order chi connectivity index (χ0) is 24.9. The first-order valence-electron chi connectivity index (χ1n) is 12.2. The van der Waals surface area contributed by atoms with Gasteiger partial charge in [0.15, 0.2) is 5.78 Å². The zero-order valence-electron chi connectivity index (χ0n) is 20.7. The number of aliphatic carboxylic acids is 1. The molecule has 6 nitrogen and oxygen atoms in total. The summed E-state index contributed by atoms with van der Waals surface area (Å²) < 4.78 is 1.97. The minimum absolute atomic E-state index is 0.000263. The Morgan fingerprint density at radius 1 is 1.15 bits per heavy atom. The minimum Gasteiger partial charge on any atom is -0.481 e. The topological polar surface area (TPSA) is 92.4 Å². The summed E-state index contributed by atoms with van der Waals surface area (Å²) in [5.74, 6) is 5.97. The van der Waals surface area contributed by atoms with Gasteiger partial charge in [-0.1, -0.05) is 42.7 Å². The third-order valence-electron chi connectivity index (χ3n) is 6.55. The summed E-state index contributed by atoms with van der Waals surface area (Å²) in [6, 6.07) is 8.24. The summed E-state index contributed by atoms with van der Waals surface area (Å²) in [6.07, 6.45) is 4.83. The third kappa shape index (κ3) is 6.80. The molecule has 0 radical (unpaired) electrons. The van der Waals surface area contributed by atoms with Gasteiger partial charge in [0.25, 0.3) is 0 Å². The highest BCUT2D eigenvalue weighted by molar-refractivity contribution is 5.96. The van der Waals surface area contributed by atoms with Gasteiger partial charge in [0, 0.05) is 19.4 Å². The second-order valence-corrected chi connectivity index (χ2v) is 9.98. The van der Waals surface area contributed by atoms with Crippen LogP contribution in [-0.4, -0.2) is 37.1 Å². The molecular weight excluding hydrogens is 428 g/mol. The van der Waals surface area contributed by atoms with Crippen LogP contribution in [0.4, 0.5) is 0 Å². The van der Waals surface area contributed by atoms with E-state index in [0.29, 0.717) is 49.5 Å².